The molecule has 2 aromatic rings. The molecule has 1 atom stereocenters. The Morgan fingerprint density at radius 1 is 1.21 bits per heavy atom. The van der Waals surface area contributed by atoms with Crippen LogP contribution in [0.15, 0.2) is 74.7 Å². The molecule has 34 heavy (non-hydrogen) atoms. The maximum Gasteiger partial charge on any atom is 0.276 e. The molecule has 2 amide bonds. The second kappa shape index (κ2) is 10.7. The number of rotatable bonds is 10. The highest BCUT2D eigenvalue weighted by Gasteiger charge is 2.27. The number of amides is 2. The van der Waals surface area contributed by atoms with Crippen LogP contribution in [0.5, 0.6) is 5.75 Å². The topological polar surface area (TPSA) is 122 Å². The summed E-state index contributed by atoms with van der Waals surface area (Å²) in [5.41, 5.74) is 1.64. The highest BCUT2D eigenvalue weighted by molar-refractivity contribution is 5.86. The zero-order valence-electron chi connectivity index (χ0n) is 19.1. The molecule has 0 radical (unpaired) electrons. The molecule has 2 aliphatic rings. The van der Waals surface area contributed by atoms with Crippen molar-refractivity contribution >= 4 is 11.8 Å². The Morgan fingerprint density at radius 3 is 2.82 bits per heavy atom. The van der Waals surface area contributed by atoms with E-state index in [1.165, 1.54) is 0 Å². The summed E-state index contributed by atoms with van der Waals surface area (Å²) in [6.45, 7) is 1.17. The van der Waals surface area contributed by atoms with Gasteiger partial charge in [-0.05, 0) is 30.7 Å². The third-order valence-electron chi connectivity index (χ3n) is 5.57. The summed E-state index contributed by atoms with van der Waals surface area (Å²) in [5, 5.41) is 14.9. The zero-order valence-corrected chi connectivity index (χ0v) is 19.1. The lowest BCUT2D eigenvalue weighted by atomic mass is 9.93. The molecule has 1 aromatic carbocycles. The Morgan fingerprint density at radius 2 is 2.03 bits per heavy atom. The molecular formula is C24H26N6O4. The maximum absolute atomic E-state index is 12.5. The molecule has 0 saturated heterocycles. The number of carbonyl (C=O) groups excluding carboxylic acids is 2. The predicted molar refractivity (Wildman–Crippen MR) is 124 cm³/mol. The third kappa shape index (κ3) is 5.45. The number of hydrogen-bond acceptors (Lipinski definition) is 8. The van der Waals surface area contributed by atoms with E-state index in [-0.39, 0.29) is 24.2 Å². The van der Waals surface area contributed by atoms with Crippen molar-refractivity contribution in [2.45, 2.75) is 19.3 Å². The van der Waals surface area contributed by atoms with Gasteiger partial charge in [-0.3, -0.25) is 9.59 Å². The van der Waals surface area contributed by atoms with Crippen molar-refractivity contribution in [3.8, 4) is 17.1 Å². The van der Waals surface area contributed by atoms with E-state index < -0.39 is 0 Å². The summed E-state index contributed by atoms with van der Waals surface area (Å²) in [5.74, 6) is 1.61. The smallest absolute Gasteiger partial charge is 0.276 e. The normalized spacial score (nSPS) is 16.5. The number of methoxy groups -OCH3 is 1. The lowest BCUT2D eigenvalue weighted by Crippen LogP contribution is -2.30. The molecular weight excluding hydrogens is 436 g/mol. The molecule has 1 aromatic heterocycles. The predicted octanol–water partition coefficient (Wildman–Crippen LogP) is 3.06. The van der Waals surface area contributed by atoms with Gasteiger partial charge < -0.3 is 19.5 Å². The minimum Gasteiger partial charge on any atom is -0.497 e. The monoisotopic (exact) mass is 462 g/mol. The van der Waals surface area contributed by atoms with E-state index in [1.807, 2.05) is 48.6 Å². The molecule has 1 N–H and O–H groups in total. The van der Waals surface area contributed by atoms with Crippen molar-refractivity contribution in [1.82, 2.24) is 20.4 Å². The fourth-order valence-electron chi connectivity index (χ4n) is 3.61. The van der Waals surface area contributed by atoms with Crippen molar-refractivity contribution in [3.05, 3.63) is 65.9 Å². The van der Waals surface area contributed by atoms with E-state index in [0.717, 1.165) is 23.3 Å². The van der Waals surface area contributed by atoms with E-state index in [9.17, 15) is 9.59 Å². The Kier molecular flexibility index (Phi) is 7.26. The van der Waals surface area contributed by atoms with Gasteiger partial charge >= 0.3 is 0 Å². The number of nitrogens with zero attached hydrogens (tertiary/aromatic N) is 5. The molecule has 1 unspecified atom stereocenters. The van der Waals surface area contributed by atoms with E-state index in [0.29, 0.717) is 37.0 Å². The molecule has 10 heteroatoms. The van der Waals surface area contributed by atoms with Crippen LogP contribution in [0, 0.1) is 5.92 Å². The summed E-state index contributed by atoms with van der Waals surface area (Å²) in [6, 6.07) is 7.36. The van der Waals surface area contributed by atoms with E-state index in [4.69, 9.17) is 9.26 Å². The quantitative estimate of drug-likeness (QED) is 0.538. The van der Waals surface area contributed by atoms with Crippen molar-refractivity contribution in [3.63, 3.8) is 0 Å². The van der Waals surface area contributed by atoms with Crippen molar-refractivity contribution in [2.24, 2.45) is 16.1 Å². The van der Waals surface area contributed by atoms with E-state index >= 15 is 0 Å². The van der Waals surface area contributed by atoms with Crippen LogP contribution in [0.25, 0.3) is 11.4 Å². The standard InChI is InChI=1S/C24H26N6O4/c1-30(15-5-14-25-23-18-6-3-4-7-19(18)24(32)28-27-23)21(31)13-12-20-26-22(29-34-20)16-8-10-17(33-2)11-9-16/h3-4,6-11,19,25H,5,12-15H2,1-2H3. The second-order valence-corrected chi connectivity index (χ2v) is 7.90. The van der Waals surface area contributed by atoms with Crippen LogP contribution in [-0.4, -0.2) is 54.1 Å². The number of allylic oxidation sites excluding steroid dienone is 3. The van der Waals surface area contributed by atoms with Crippen LogP contribution in [0.3, 0.4) is 0 Å². The Labute approximate surface area is 197 Å². The molecule has 2 heterocycles. The molecule has 1 aliphatic heterocycles. The third-order valence-corrected chi connectivity index (χ3v) is 5.57. The highest BCUT2D eigenvalue weighted by atomic mass is 16.5. The average molecular weight is 463 g/mol. The Balaban J connectivity index is 1.20. The first-order valence-electron chi connectivity index (χ1n) is 11.0. The molecule has 1 aliphatic carbocycles. The van der Waals surface area contributed by atoms with Crippen molar-refractivity contribution in [1.29, 1.82) is 0 Å². The average Bonchev–Trinajstić information content (AvgIpc) is 3.35. The molecule has 0 fully saturated rings. The lowest BCUT2D eigenvalue weighted by molar-refractivity contribution is -0.130. The fraction of sp³-hybridized carbons (Fsp3) is 0.333. The van der Waals surface area contributed by atoms with Crippen molar-refractivity contribution < 1.29 is 18.8 Å². The minimum absolute atomic E-state index is 0.00501. The molecule has 4 rings (SSSR count). The first-order valence-corrected chi connectivity index (χ1v) is 11.0. The summed E-state index contributed by atoms with van der Waals surface area (Å²) < 4.78 is 10.4. The van der Waals surface area contributed by atoms with Crippen LogP contribution >= 0.6 is 0 Å². The number of ether oxygens (including phenoxy) is 1. The van der Waals surface area contributed by atoms with Gasteiger partial charge in [-0.1, -0.05) is 29.5 Å². The van der Waals surface area contributed by atoms with Crippen LogP contribution in [-0.2, 0) is 16.0 Å². The number of carbonyl (C=O) groups is 2. The van der Waals surface area contributed by atoms with Gasteiger partial charge in [-0.2, -0.15) is 4.98 Å². The summed E-state index contributed by atoms with van der Waals surface area (Å²) in [6.07, 6.45) is 8.75. The largest absolute Gasteiger partial charge is 0.497 e. The SMILES string of the molecule is COc1ccc(-c2noc(CCC(=O)N(C)CCCNC3=C4C=CC=CC4C(=O)N=N3)n2)cc1. The van der Waals surface area contributed by atoms with Gasteiger partial charge in [0.15, 0.2) is 5.82 Å². The molecule has 0 bridgehead atoms. The highest BCUT2D eigenvalue weighted by Crippen LogP contribution is 2.27. The lowest BCUT2D eigenvalue weighted by Gasteiger charge is -2.21. The molecule has 10 nitrogen and oxygen atoms in total. The maximum atomic E-state index is 12.5. The minimum atomic E-state index is -0.371. The molecule has 0 spiro atoms. The molecule has 176 valence electrons. The summed E-state index contributed by atoms with van der Waals surface area (Å²) in [4.78, 5) is 30.4. The number of aromatic nitrogens is 2. The second-order valence-electron chi connectivity index (χ2n) is 7.90. The van der Waals surface area contributed by atoms with Gasteiger partial charge in [0, 0.05) is 44.1 Å². The first-order chi connectivity index (χ1) is 16.5. The van der Waals surface area contributed by atoms with Crippen LogP contribution in [0.4, 0.5) is 0 Å². The summed E-state index contributed by atoms with van der Waals surface area (Å²) in [7, 11) is 3.38. The number of hydrogen-bond donors (Lipinski definition) is 1. The summed E-state index contributed by atoms with van der Waals surface area (Å²) >= 11 is 0. The van der Waals surface area contributed by atoms with E-state index in [1.54, 1.807) is 19.1 Å². The zero-order chi connectivity index (χ0) is 23.9. The van der Waals surface area contributed by atoms with E-state index in [2.05, 4.69) is 25.7 Å². The first kappa shape index (κ1) is 23.1. The number of aryl methyl sites for hydroxylation is 1. The molecule has 0 saturated carbocycles. The number of nitrogens with one attached hydrogen (secondary N) is 1. The van der Waals surface area contributed by atoms with Crippen LogP contribution < -0.4 is 10.1 Å². The van der Waals surface area contributed by atoms with Gasteiger partial charge in [-0.15, -0.1) is 10.2 Å². The fourth-order valence-corrected chi connectivity index (χ4v) is 3.61. The van der Waals surface area contributed by atoms with Crippen molar-refractivity contribution in [2.75, 3.05) is 27.2 Å². The van der Waals surface area contributed by atoms with Gasteiger partial charge in [0.25, 0.3) is 5.91 Å². The number of benzene rings is 1. The Bertz CT molecular complexity index is 1160. The van der Waals surface area contributed by atoms with Gasteiger partial charge in [0.1, 0.15) is 5.75 Å². The van der Waals surface area contributed by atoms with Crippen LogP contribution in [0.1, 0.15) is 18.7 Å². The van der Waals surface area contributed by atoms with Gasteiger partial charge in [-0.25, -0.2) is 0 Å². The number of azo groups is 1. The van der Waals surface area contributed by atoms with Gasteiger partial charge in [0.05, 0.1) is 13.0 Å². The number of fused-ring (bicyclic) bond motifs is 1. The van der Waals surface area contributed by atoms with Gasteiger partial charge in [0.2, 0.25) is 17.6 Å². The Hall–Kier alpha value is -4.08. The van der Waals surface area contributed by atoms with Crippen LogP contribution in [0.2, 0.25) is 0 Å².